The Kier molecular flexibility index (Phi) is 5.36. The van der Waals surface area contributed by atoms with Crippen LogP contribution in [0.5, 0.6) is 0 Å². The summed E-state index contributed by atoms with van der Waals surface area (Å²) in [5.74, 6) is 0. The summed E-state index contributed by atoms with van der Waals surface area (Å²) in [7, 11) is 0. The molecule has 0 fully saturated rings. The third-order valence-corrected chi connectivity index (χ3v) is 4.15. The topological polar surface area (TPSA) is 42.2 Å². The van der Waals surface area contributed by atoms with Crippen LogP contribution in [-0.2, 0) is 0 Å². The van der Waals surface area contributed by atoms with Crippen LogP contribution in [0.25, 0.3) is 28.5 Å². The van der Waals surface area contributed by atoms with E-state index in [-0.39, 0.29) is 11.2 Å². The Morgan fingerprint density at radius 2 is 1.92 bits per heavy atom. The van der Waals surface area contributed by atoms with Crippen LogP contribution in [-0.4, -0.2) is 5.54 Å². The molecule has 0 saturated carbocycles. The molecule has 3 heteroatoms. The quantitative estimate of drug-likeness (QED) is 0.848. The Labute approximate surface area is 149 Å². The van der Waals surface area contributed by atoms with Crippen molar-refractivity contribution in [2.75, 3.05) is 5.32 Å². The van der Waals surface area contributed by atoms with Gasteiger partial charge in [0.1, 0.15) is 5.42 Å². The maximum absolute atomic E-state index is 12.6. The van der Waals surface area contributed by atoms with Gasteiger partial charge in [-0.25, -0.2) is 4.79 Å². The molecule has 0 atom stereocenters. The maximum Gasteiger partial charge on any atom is 0.344 e. The number of rotatable bonds is 1. The van der Waals surface area contributed by atoms with E-state index >= 15 is 0 Å². The third-order valence-electron chi connectivity index (χ3n) is 4.15. The summed E-state index contributed by atoms with van der Waals surface area (Å²) in [5.41, 5.74) is 3.09. The normalized spacial score (nSPS) is 16.5. The van der Waals surface area contributed by atoms with Crippen LogP contribution in [0.4, 0.5) is 5.69 Å². The summed E-state index contributed by atoms with van der Waals surface area (Å²) >= 11 is 0. The first kappa shape index (κ1) is 18.8. The van der Waals surface area contributed by atoms with Crippen LogP contribution in [0.15, 0.2) is 40.1 Å². The van der Waals surface area contributed by atoms with E-state index in [1.807, 2.05) is 45.9 Å². The molecule has 1 aliphatic rings. The van der Waals surface area contributed by atoms with Gasteiger partial charge < -0.3 is 9.73 Å². The molecule has 1 aromatic heterocycles. The minimum atomic E-state index is -0.315. The van der Waals surface area contributed by atoms with Gasteiger partial charge in [0.25, 0.3) is 0 Å². The van der Waals surface area contributed by atoms with Crippen molar-refractivity contribution < 1.29 is 4.42 Å². The van der Waals surface area contributed by atoms with E-state index in [1.54, 1.807) is 12.2 Å². The highest BCUT2D eigenvalue weighted by Gasteiger charge is 2.25. The van der Waals surface area contributed by atoms with Gasteiger partial charge in [0.15, 0.2) is 0 Å². The van der Waals surface area contributed by atoms with Crippen LogP contribution < -0.4 is 21.6 Å². The van der Waals surface area contributed by atoms with Gasteiger partial charge in [0.2, 0.25) is 0 Å². The van der Waals surface area contributed by atoms with Crippen molar-refractivity contribution in [1.82, 2.24) is 0 Å². The lowest BCUT2D eigenvalue weighted by molar-refractivity contribution is 0.482. The molecular weight excluding hydrogens is 310 g/mol. The zero-order valence-electron chi connectivity index (χ0n) is 16.0. The number of anilines is 1. The predicted octanol–water partition coefficient (Wildman–Crippen LogP) is 4.19. The molecular formula is C22H27NO2. The third kappa shape index (κ3) is 3.32. The van der Waals surface area contributed by atoms with Crippen molar-refractivity contribution in [3.05, 3.63) is 57.5 Å². The predicted molar refractivity (Wildman–Crippen MR) is 109 cm³/mol. The smallest absolute Gasteiger partial charge is 0.344 e. The fraction of sp³-hybridized carbons (Fsp3) is 0.318. The van der Waals surface area contributed by atoms with E-state index < -0.39 is 0 Å². The molecule has 3 nitrogen and oxygen atoms in total. The average Bonchev–Trinajstić information content (AvgIpc) is 2.56. The lowest BCUT2D eigenvalue weighted by Gasteiger charge is -2.31. The standard InChI is InChI=1S/C20H21NO2.C2H6/c1-6-8-16-13(7-2)14-9-10-15-17(18(14)19(22)23-16)12(3)11-20(4,5)21-15;1-2/h6-11,21H,1H2,2-5H3;1-2H3/b13-7-,16-8+;. The van der Waals surface area contributed by atoms with Gasteiger partial charge in [-0.3, -0.25) is 0 Å². The Morgan fingerprint density at radius 3 is 2.52 bits per heavy atom. The maximum atomic E-state index is 12.6. The Morgan fingerprint density at radius 1 is 1.24 bits per heavy atom. The number of hydrogen-bond acceptors (Lipinski definition) is 3. The molecule has 1 aromatic carbocycles. The Bertz CT molecular complexity index is 1020. The fourth-order valence-corrected chi connectivity index (χ4v) is 3.42. The molecule has 0 radical (unpaired) electrons. The molecule has 132 valence electrons. The van der Waals surface area contributed by atoms with E-state index in [0.717, 1.165) is 27.4 Å². The molecule has 1 aliphatic heterocycles. The number of fused-ring (bicyclic) bond motifs is 3. The summed E-state index contributed by atoms with van der Waals surface area (Å²) in [6, 6.07) is 4.03. The molecule has 3 rings (SSSR count). The van der Waals surface area contributed by atoms with Gasteiger partial charge in [-0.05, 0) is 45.4 Å². The number of nitrogens with one attached hydrogen (secondary N) is 1. The minimum Gasteiger partial charge on any atom is -0.422 e. The Balaban J connectivity index is 0.00000109. The second-order valence-corrected chi connectivity index (χ2v) is 6.44. The van der Waals surface area contributed by atoms with E-state index in [9.17, 15) is 4.79 Å². The molecule has 2 aromatic rings. The van der Waals surface area contributed by atoms with Crippen molar-refractivity contribution in [2.24, 2.45) is 0 Å². The molecule has 2 heterocycles. The van der Waals surface area contributed by atoms with Crippen molar-refractivity contribution in [3.63, 3.8) is 0 Å². The van der Waals surface area contributed by atoms with Crippen LogP contribution >= 0.6 is 0 Å². The second-order valence-electron chi connectivity index (χ2n) is 6.44. The van der Waals surface area contributed by atoms with E-state index in [0.29, 0.717) is 10.8 Å². The molecule has 0 unspecified atom stereocenters. The van der Waals surface area contributed by atoms with Crippen molar-refractivity contribution in [3.8, 4) is 0 Å². The Hall–Kier alpha value is -2.55. The molecule has 1 N–H and O–H groups in total. The largest absolute Gasteiger partial charge is 0.422 e. The van der Waals surface area contributed by atoms with Gasteiger partial charge in [-0.1, -0.05) is 44.7 Å². The van der Waals surface area contributed by atoms with Gasteiger partial charge in [-0.2, -0.15) is 0 Å². The summed E-state index contributed by atoms with van der Waals surface area (Å²) < 4.78 is 5.55. The molecule has 25 heavy (non-hydrogen) atoms. The molecule has 0 aliphatic carbocycles. The van der Waals surface area contributed by atoms with Gasteiger partial charge >= 0.3 is 5.63 Å². The monoisotopic (exact) mass is 337 g/mol. The van der Waals surface area contributed by atoms with Gasteiger partial charge in [0, 0.05) is 21.9 Å². The summed E-state index contributed by atoms with van der Waals surface area (Å²) in [5, 5.41) is 5.93. The van der Waals surface area contributed by atoms with Crippen molar-refractivity contribution in [2.45, 2.75) is 47.1 Å². The average molecular weight is 337 g/mol. The first-order valence-corrected chi connectivity index (χ1v) is 8.75. The zero-order valence-corrected chi connectivity index (χ0v) is 16.0. The lowest BCUT2D eigenvalue weighted by atomic mass is 9.88. The summed E-state index contributed by atoms with van der Waals surface area (Å²) in [6.07, 6.45) is 7.46. The SMILES string of the molecule is C=C/C=c1/oc(=O)c2c3c(ccc2/c1=C/C)NC(C)(C)C=C3C.CC. The highest BCUT2D eigenvalue weighted by Crippen LogP contribution is 2.36. The second kappa shape index (κ2) is 7.14. The number of allylic oxidation sites excluding steroid dienone is 2. The lowest BCUT2D eigenvalue weighted by Crippen LogP contribution is -2.34. The van der Waals surface area contributed by atoms with Crippen LogP contribution in [0, 0.1) is 0 Å². The minimum absolute atomic E-state index is 0.138. The van der Waals surface area contributed by atoms with Gasteiger partial charge in [0.05, 0.1) is 10.9 Å². The molecule has 0 spiro atoms. The number of benzene rings is 1. The van der Waals surface area contributed by atoms with Crippen LogP contribution in [0.2, 0.25) is 0 Å². The number of hydrogen-bond donors (Lipinski definition) is 1. The molecule has 0 bridgehead atoms. The molecule has 0 amide bonds. The van der Waals surface area contributed by atoms with Crippen molar-refractivity contribution in [1.29, 1.82) is 0 Å². The fourth-order valence-electron chi connectivity index (χ4n) is 3.42. The molecule has 0 saturated heterocycles. The highest BCUT2D eigenvalue weighted by atomic mass is 16.4. The van der Waals surface area contributed by atoms with Crippen molar-refractivity contribution >= 4 is 34.2 Å². The zero-order chi connectivity index (χ0) is 18.8. The summed E-state index contributed by atoms with van der Waals surface area (Å²) in [4.78, 5) is 12.6. The van der Waals surface area contributed by atoms with E-state index in [2.05, 4.69) is 31.8 Å². The first-order valence-electron chi connectivity index (χ1n) is 8.75. The summed E-state index contributed by atoms with van der Waals surface area (Å²) in [6.45, 7) is 15.9. The van der Waals surface area contributed by atoms with E-state index in [1.165, 1.54) is 0 Å². The van der Waals surface area contributed by atoms with Gasteiger partial charge in [-0.15, -0.1) is 0 Å². The highest BCUT2D eigenvalue weighted by molar-refractivity contribution is 6.00. The first-order chi connectivity index (χ1) is 11.9. The van der Waals surface area contributed by atoms with E-state index in [4.69, 9.17) is 4.42 Å². The van der Waals surface area contributed by atoms with Crippen LogP contribution in [0.1, 0.15) is 47.1 Å². The van der Waals surface area contributed by atoms with Crippen LogP contribution in [0.3, 0.4) is 0 Å².